The number of rotatable bonds is 6. The lowest BCUT2D eigenvalue weighted by Gasteiger charge is -2.16. The van der Waals surface area contributed by atoms with Crippen molar-refractivity contribution < 1.29 is 12.8 Å². The normalized spacial score (nSPS) is 13.7. The van der Waals surface area contributed by atoms with Crippen molar-refractivity contribution in [2.75, 3.05) is 5.73 Å². The van der Waals surface area contributed by atoms with E-state index >= 15 is 0 Å². The monoisotopic (exact) mass is 288 g/mol. The third kappa shape index (κ3) is 4.80. The minimum absolute atomic E-state index is 0.0784. The molecular weight excluding hydrogens is 267 g/mol. The topological polar surface area (TPSA) is 72.2 Å². The Hall–Kier alpha value is -1.14. The molecule has 1 aromatic carbocycles. The van der Waals surface area contributed by atoms with Crippen molar-refractivity contribution in [3.8, 4) is 0 Å². The molecule has 0 radical (unpaired) electrons. The summed E-state index contributed by atoms with van der Waals surface area (Å²) in [7, 11) is -3.70. The number of nitrogens with one attached hydrogen (secondary N) is 1. The highest BCUT2D eigenvalue weighted by Crippen LogP contribution is 2.20. The van der Waals surface area contributed by atoms with Crippen LogP contribution >= 0.6 is 0 Å². The van der Waals surface area contributed by atoms with Crippen molar-refractivity contribution in [1.29, 1.82) is 0 Å². The van der Waals surface area contributed by atoms with Gasteiger partial charge in [-0.1, -0.05) is 13.8 Å². The second-order valence-corrected chi connectivity index (χ2v) is 6.86. The van der Waals surface area contributed by atoms with Gasteiger partial charge in [-0.2, -0.15) is 0 Å². The minimum Gasteiger partial charge on any atom is -0.398 e. The number of benzene rings is 1. The van der Waals surface area contributed by atoms with E-state index < -0.39 is 15.8 Å². The fourth-order valence-corrected chi connectivity index (χ4v) is 3.13. The van der Waals surface area contributed by atoms with Crippen molar-refractivity contribution in [3.63, 3.8) is 0 Å². The van der Waals surface area contributed by atoms with Crippen molar-refractivity contribution in [1.82, 2.24) is 4.72 Å². The molecule has 0 saturated carbocycles. The summed E-state index contributed by atoms with van der Waals surface area (Å²) in [4.78, 5) is -0.0784. The van der Waals surface area contributed by atoms with E-state index in [1.54, 1.807) is 6.92 Å². The van der Waals surface area contributed by atoms with E-state index in [0.29, 0.717) is 5.92 Å². The standard InChI is InChI=1S/C13H21FN2O2S/c1-9(2)4-5-10(3)16-19(17,18)13-7-6-11(14)8-12(13)15/h6-10,16H,4-5,15H2,1-3H3. The van der Waals surface area contributed by atoms with Gasteiger partial charge in [-0.15, -0.1) is 0 Å². The molecule has 3 N–H and O–H groups in total. The Balaban J connectivity index is 2.81. The molecule has 1 aromatic rings. The maximum absolute atomic E-state index is 12.9. The predicted molar refractivity (Wildman–Crippen MR) is 74.7 cm³/mol. The maximum Gasteiger partial charge on any atom is 0.242 e. The Kier molecular flexibility index (Phi) is 5.31. The minimum atomic E-state index is -3.70. The predicted octanol–water partition coefficient (Wildman–Crippen LogP) is 2.51. The first-order valence-corrected chi connectivity index (χ1v) is 7.78. The fraction of sp³-hybridized carbons (Fsp3) is 0.538. The van der Waals surface area contributed by atoms with Crippen LogP contribution in [0.25, 0.3) is 0 Å². The summed E-state index contributed by atoms with van der Waals surface area (Å²) in [5, 5.41) is 0. The first-order valence-electron chi connectivity index (χ1n) is 6.29. The summed E-state index contributed by atoms with van der Waals surface area (Å²) in [5.74, 6) is -0.0350. The van der Waals surface area contributed by atoms with Crippen LogP contribution in [0.15, 0.2) is 23.1 Å². The Morgan fingerprint density at radius 2 is 1.89 bits per heavy atom. The molecule has 0 fully saturated rings. The van der Waals surface area contributed by atoms with Crippen molar-refractivity contribution >= 4 is 15.7 Å². The molecule has 0 heterocycles. The molecule has 0 spiro atoms. The molecule has 0 saturated heterocycles. The molecule has 1 atom stereocenters. The number of hydrogen-bond acceptors (Lipinski definition) is 3. The van der Waals surface area contributed by atoms with Gasteiger partial charge in [0.05, 0.1) is 5.69 Å². The van der Waals surface area contributed by atoms with E-state index in [9.17, 15) is 12.8 Å². The molecule has 0 aliphatic carbocycles. The highest BCUT2D eigenvalue weighted by molar-refractivity contribution is 7.89. The summed E-state index contributed by atoms with van der Waals surface area (Å²) in [5.41, 5.74) is 5.47. The molecule has 0 aliphatic heterocycles. The summed E-state index contributed by atoms with van der Waals surface area (Å²) in [6.07, 6.45) is 1.68. The van der Waals surface area contributed by atoms with Gasteiger partial charge in [0.15, 0.2) is 0 Å². The molecule has 0 aromatic heterocycles. The van der Waals surface area contributed by atoms with Gasteiger partial charge >= 0.3 is 0 Å². The van der Waals surface area contributed by atoms with Crippen LogP contribution in [0, 0.1) is 11.7 Å². The van der Waals surface area contributed by atoms with Crippen LogP contribution in [-0.4, -0.2) is 14.5 Å². The number of hydrogen-bond donors (Lipinski definition) is 2. The molecule has 0 amide bonds. The van der Waals surface area contributed by atoms with Crippen LogP contribution in [0.1, 0.15) is 33.6 Å². The second kappa shape index (κ2) is 6.34. The lowest BCUT2D eigenvalue weighted by atomic mass is 10.1. The van der Waals surface area contributed by atoms with Crippen molar-refractivity contribution in [3.05, 3.63) is 24.0 Å². The van der Waals surface area contributed by atoms with E-state index in [1.165, 1.54) is 6.07 Å². The van der Waals surface area contributed by atoms with Crippen LogP contribution in [0.5, 0.6) is 0 Å². The van der Waals surface area contributed by atoms with Gasteiger partial charge < -0.3 is 5.73 Å². The number of nitrogens with two attached hydrogens (primary N) is 1. The third-order valence-electron chi connectivity index (χ3n) is 2.79. The zero-order valence-electron chi connectivity index (χ0n) is 11.5. The SMILES string of the molecule is CC(C)CCC(C)NS(=O)(=O)c1ccc(F)cc1N. The van der Waals surface area contributed by atoms with Gasteiger partial charge in [0.25, 0.3) is 0 Å². The highest BCUT2D eigenvalue weighted by Gasteiger charge is 2.20. The van der Waals surface area contributed by atoms with E-state index in [1.807, 2.05) is 0 Å². The molecule has 1 unspecified atom stereocenters. The fourth-order valence-electron chi connectivity index (χ4n) is 1.73. The van der Waals surface area contributed by atoms with Gasteiger partial charge in [-0.05, 0) is 43.9 Å². The van der Waals surface area contributed by atoms with Gasteiger partial charge in [-0.3, -0.25) is 0 Å². The highest BCUT2D eigenvalue weighted by atomic mass is 32.2. The van der Waals surface area contributed by atoms with Gasteiger partial charge in [0, 0.05) is 6.04 Å². The van der Waals surface area contributed by atoms with E-state index in [2.05, 4.69) is 18.6 Å². The molecule has 6 heteroatoms. The maximum atomic E-state index is 12.9. The van der Waals surface area contributed by atoms with Crippen LogP contribution in [0.3, 0.4) is 0 Å². The molecule has 0 bridgehead atoms. The molecule has 19 heavy (non-hydrogen) atoms. The molecule has 1 rings (SSSR count). The first-order chi connectivity index (χ1) is 8.72. The van der Waals surface area contributed by atoms with Gasteiger partial charge in [-0.25, -0.2) is 17.5 Å². The van der Waals surface area contributed by atoms with Gasteiger partial charge in [0.2, 0.25) is 10.0 Å². The Morgan fingerprint density at radius 1 is 1.26 bits per heavy atom. The van der Waals surface area contributed by atoms with Crippen LogP contribution in [0.4, 0.5) is 10.1 Å². The zero-order valence-corrected chi connectivity index (χ0v) is 12.3. The first kappa shape index (κ1) is 15.9. The average molecular weight is 288 g/mol. The van der Waals surface area contributed by atoms with Crippen LogP contribution in [-0.2, 0) is 10.0 Å². The molecule has 108 valence electrons. The number of sulfonamides is 1. The Morgan fingerprint density at radius 3 is 2.42 bits per heavy atom. The van der Waals surface area contributed by atoms with Crippen LogP contribution in [0.2, 0.25) is 0 Å². The lowest BCUT2D eigenvalue weighted by molar-refractivity contribution is 0.485. The second-order valence-electron chi connectivity index (χ2n) is 5.18. The van der Waals surface area contributed by atoms with Crippen molar-refractivity contribution in [2.24, 2.45) is 5.92 Å². The Labute approximate surface area is 114 Å². The van der Waals surface area contributed by atoms with E-state index in [0.717, 1.165) is 25.0 Å². The number of halogens is 1. The molecule has 4 nitrogen and oxygen atoms in total. The van der Waals surface area contributed by atoms with Crippen LogP contribution < -0.4 is 10.5 Å². The summed E-state index contributed by atoms with van der Waals surface area (Å²) >= 11 is 0. The summed E-state index contributed by atoms with van der Waals surface area (Å²) in [6.45, 7) is 5.97. The smallest absolute Gasteiger partial charge is 0.242 e. The zero-order chi connectivity index (χ0) is 14.6. The summed E-state index contributed by atoms with van der Waals surface area (Å²) < 4.78 is 39.7. The van der Waals surface area contributed by atoms with Gasteiger partial charge in [0.1, 0.15) is 10.7 Å². The summed E-state index contributed by atoms with van der Waals surface area (Å²) in [6, 6.07) is 3.09. The molecule has 0 aliphatic rings. The van der Waals surface area contributed by atoms with E-state index in [-0.39, 0.29) is 16.6 Å². The van der Waals surface area contributed by atoms with E-state index in [4.69, 9.17) is 5.73 Å². The lowest BCUT2D eigenvalue weighted by Crippen LogP contribution is -2.33. The largest absolute Gasteiger partial charge is 0.398 e. The number of anilines is 1. The Bertz CT molecular complexity index is 529. The average Bonchev–Trinajstić information content (AvgIpc) is 2.25. The number of nitrogen functional groups attached to an aromatic ring is 1. The third-order valence-corrected chi connectivity index (χ3v) is 4.46. The molecular formula is C13H21FN2O2S. The van der Waals surface area contributed by atoms with Crippen molar-refractivity contribution in [2.45, 2.75) is 44.6 Å². The quantitative estimate of drug-likeness (QED) is 0.790.